The molecule has 0 fully saturated rings. The molecule has 0 atom stereocenters. The molecular formula is C23H23BrClN3O4. The van der Waals surface area contributed by atoms with Crippen LogP contribution in [0.15, 0.2) is 50.8 Å². The highest BCUT2D eigenvalue weighted by atomic mass is 79.9. The van der Waals surface area contributed by atoms with Crippen LogP contribution in [0.5, 0.6) is 5.75 Å². The molecular weight excluding hydrogens is 498 g/mol. The molecule has 0 aliphatic heterocycles. The van der Waals surface area contributed by atoms with Gasteiger partial charge in [-0.2, -0.15) is 9.78 Å². The van der Waals surface area contributed by atoms with Crippen molar-refractivity contribution in [2.45, 2.75) is 33.1 Å². The van der Waals surface area contributed by atoms with Gasteiger partial charge in [0.2, 0.25) is 0 Å². The maximum absolute atomic E-state index is 13.2. The maximum atomic E-state index is 13.2. The number of ether oxygens (including phenoxy) is 2. The predicted octanol–water partition coefficient (Wildman–Crippen LogP) is 4.98. The third-order valence-corrected chi connectivity index (χ3v) is 5.29. The zero-order valence-electron chi connectivity index (χ0n) is 17.8. The summed E-state index contributed by atoms with van der Waals surface area (Å²) >= 11 is 9.54. The quantitative estimate of drug-likeness (QED) is 0.294. The summed E-state index contributed by atoms with van der Waals surface area (Å²) < 4.78 is 12.6. The van der Waals surface area contributed by atoms with Crippen LogP contribution in [0, 0.1) is 0 Å². The molecule has 0 N–H and O–H groups in total. The monoisotopic (exact) mass is 519 g/mol. The summed E-state index contributed by atoms with van der Waals surface area (Å²) in [6.07, 6.45) is 3.92. The van der Waals surface area contributed by atoms with Gasteiger partial charge in [0.25, 0.3) is 5.56 Å². The Morgan fingerprint density at radius 2 is 2.06 bits per heavy atom. The minimum atomic E-state index is -0.479. The van der Waals surface area contributed by atoms with Crippen molar-refractivity contribution in [2.24, 2.45) is 5.10 Å². The van der Waals surface area contributed by atoms with E-state index in [1.54, 1.807) is 31.2 Å². The summed E-state index contributed by atoms with van der Waals surface area (Å²) in [6, 6.07) is 10.3. The van der Waals surface area contributed by atoms with Crippen LogP contribution >= 0.6 is 27.5 Å². The molecule has 32 heavy (non-hydrogen) atoms. The van der Waals surface area contributed by atoms with E-state index < -0.39 is 5.97 Å². The van der Waals surface area contributed by atoms with Gasteiger partial charge in [-0.1, -0.05) is 40.9 Å². The van der Waals surface area contributed by atoms with Crippen LogP contribution in [0.1, 0.15) is 38.1 Å². The van der Waals surface area contributed by atoms with E-state index in [1.165, 1.54) is 10.9 Å². The van der Waals surface area contributed by atoms with Gasteiger partial charge in [-0.15, -0.1) is 0 Å². The van der Waals surface area contributed by atoms with Gasteiger partial charge in [0, 0.05) is 21.5 Å². The molecule has 1 aromatic heterocycles. The molecule has 1 heterocycles. The highest BCUT2D eigenvalue weighted by molar-refractivity contribution is 9.10. The Labute approximate surface area is 199 Å². The number of unbranched alkanes of at least 4 members (excludes halogenated alkanes) is 1. The lowest BCUT2D eigenvalue weighted by atomic mass is 10.2. The first-order chi connectivity index (χ1) is 15.4. The number of hydrogen-bond donors (Lipinski definition) is 0. The molecule has 0 aliphatic rings. The first kappa shape index (κ1) is 23.9. The van der Waals surface area contributed by atoms with Gasteiger partial charge in [-0.25, -0.2) is 9.78 Å². The van der Waals surface area contributed by atoms with Crippen LogP contribution in [0.3, 0.4) is 0 Å². The number of esters is 1. The highest BCUT2D eigenvalue weighted by Gasteiger charge is 2.12. The van der Waals surface area contributed by atoms with Gasteiger partial charge in [0.15, 0.2) is 6.61 Å². The minimum Gasteiger partial charge on any atom is -0.481 e. The molecule has 0 spiro atoms. The number of benzene rings is 2. The standard InChI is InChI=1S/C23H23BrClN3O4/c1-3-5-6-21-27-19-9-7-16(24)12-18(19)23(30)28(21)26-13-15-11-17(25)8-10-20(15)32-14-22(29)31-4-2/h7-13H,3-6,14H2,1-2H3. The van der Waals surface area contributed by atoms with E-state index >= 15 is 0 Å². The van der Waals surface area contributed by atoms with E-state index in [0.29, 0.717) is 39.5 Å². The van der Waals surface area contributed by atoms with E-state index in [1.807, 2.05) is 12.1 Å². The fourth-order valence-corrected chi connectivity index (χ4v) is 3.56. The van der Waals surface area contributed by atoms with E-state index in [0.717, 1.165) is 17.3 Å². The number of carbonyl (C=O) groups is 1. The largest absolute Gasteiger partial charge is 0.481 e. The van der Waals surface area contributed by atoms with Crippen LogP contribution in [0.4, 0.5) is 0 Å². The van der Waals surface area contributed by atoms with Crippen molar-refractivity contribution in [3.63, 3.8) is 0 Å². The third-order valence-electron chi connectivity index (χ3n) is 4.56. The fraction of sp³-hybridized carbons (Fsp3) is 0.304. The smallest absolute Gasteiger partial charge is 0.344 e. The van der Waals surface area contributed by atoms with Crippen molar-refractivity contribution in [1.29, 1.82) is 0 Å². The first-order valence-corrected chi connectivity index (χ1v) is 11.4. The zero-order chi connectivity index (χ0) is 23.1. The zero-order valence-corrected chi connectivity index (χ0v) is 20.1. The van der Waals surface area contributed by atoms with Crippen LogP contribution in [0.2, 0.25) is 5.02 Å². The average Bonchev–Trinajstić information content (AvgIpc) is 2.77. The van der Waals surface area contributed by atoms with Crippen LogP contribution in [0.25, 0.3) is 10.9 Å². The van der Waals surface area contributed by atoms with Gasteiger partial charge in [-0.05, 0) is 49.7 Å². The number of aromatic nitrogens is 2. The minimum absolute atomic E-state index is 0.246. The van der Waals surface area contributed by atoms with Gasteiger partial charge in [0.05, 0.1) is 23.7 Å². The second kappa shape index (κ2) is 11.2. The molecule has 0 amide bonds. The van der Waals surface area contributed by atoms with E-state index in [9.17, 15) is 9.59 Å². The molecule has 0 saturated heterocycles. The van der Waals surface area contributed by atoms with E-state index in [4.69, 9.17) is 21.1 Å². The maximum Gasteiger partial charge on any atom is 0.344 e. The molecule has 168 valence electrons. The van der Waals surface area contributed by atoms with Crippen LogP contribution < -0.4 is 10.3 Å². The Kier molecular flexibility index (Phi) is 8.41. The number of hydrogen-bond acceptors (Lipinski definition) is 6. The van der Waals surface area contributed by atoms with Crippen molar-refractivity contribution in [1.82, 2.24) is 9.66 Å². The van der Waals surface area contributed by atoms with Crippen molar-refractivity contribution >= 4 is 50.6 Å². The molecule has 7 nitrogen and oxygen atoms in total. The number of halogens is 2. The molecule has 0 bridgehead atoms. The van der Waals surface area contributed by atoms with E-state index in [2.05, 4.69) is 32.9 Å². The molecule has 9 heteroatoms. The van der Waals surface area contributed by atoms with Crippen LogP contribution in [-0.4, -0.2) is 35.1 Å². The second-order valence-corrected chi connectivity index (χ2v) is 8.28. The summed E-state index contributed by atoms with van der Waals surface area (Å²) in [7, 11) is 0. The topological polar surface area (TPSA) is 82.8 Å². The lowest BCUT2D eigenvalue weighted by molar-refractivity contribution is -0.145. The Bertz CT molecular complexity index is 1210. The summed E-state index contributed by atoms with van der Waals surface area (Å²) in [4.78, 5) is 29.5. The molecule has 2 aromatic carbocycles. The number of fused-ring (bicyclic) bond motifs is 1. The molecule has 3 aromatic rings. The molecule has 3 rings (SSSR count). The predicted molar refractivity (Wildman–Crippen MR) is 129 cm³/mol. The Morgan fingerprint density at radius 1 is 1.25 bits per heavy atom. The van der Waals surface area contributed by atoms with Gasteiger partial charge >= 0.3 is 5.97 Å². The van der Waals surface area contributed by atoms with E-state index in [-0.39, 0.29) is 18.8 Å². The van der Waals surface area contributed by atoms with Crippen molar-refractivity contribution in [3.8, 4) is 5.75 Å². The average molecular weight is 521 g/mol. The summed E-state index contributed by atoms with van der Waals surface area (Å²) in [6.45, 7) is 3.82. The highest BCUT2D eigenvalue weighted by Crippen LogP contribution is 2.22. The molecule has 0 unspecified atom stereocenters. The summed E-state index contributed by atoms with van der Waals surface area (Å²) in [5, 5.41) is 5.35. The Hall–Kier alpha value is -2.71. The van der Waals surface area contributed by atoms with Crippen molar-refractivity contribution in [2.75, 3.05) is 13.2 Å². The Morgan fingerprint density at radius 3 is 2.81 bits per heavy atom. The van der Waals surface area contributed by atoms with Crippen molar-refractivity contribution < 1.29 is 14.3 Å². The SMILES string of the molecule is CCCCc1nc2ccc(Br)cc2c(=O)n1N=Cc1cc(Cl)ccc1OCC(=O)OCC. The van der Waals surface area contributed by atoms with Crippen LogP contribution in [-0.2, 0) is 16.0 Å². The second-order valence-electron chi connectivity index (χ2n) is 6.93. The molecule has 0 saturated carbocycles. The number of aryl methyl sites for hydroxylation is 1. The fourth-order valence-electron chi connectivity index (χ4n) is 3.02. The van der Waals surface area contributed by atoms with Gasteiger partial charge in [0.1, 0.15) is 11.6 Å². The number of nitrogens with zero attached hydrogens (tertiary/aromatic N) is 3. The Balaban J connectivity index is 2.02. The van der Waals surface area contributed by atoms with Crippen molar-refractivity contribution in [3.05, 3.63) is 67.6 Å². The lowest BCUT2D eigenvalue weighted by Gasteiger charge is -2.11. The lowest BCUT2D eigenvalue weighted by Crippen LogP contribution is -2.22. The first-order valence-electron chi connectivity index (χ1n) is 10.3. The number of rotatable bonds is 9. The number of carbonyl (C=O) groups excluding carboxylic acids is 1. The third kappa shape index (κ3) is 5.95. The van der Waals surface area contributed by atoms with Gasteiger partial charge in [-0.3, -0.25) is 4.79 Å². The van der Waals surface area contributed by atoms with Gasteiger partial charge < -0.3 is 9.47 Å². The summed E-state index contributed by atoms with van der Waals surface area (Å²) in [5.41, 5.74) is 0.871. The summed E-state index contributed by atoms with van der Waals surface area (Å²) in [5.74, 6) is 0.484. The molecule has 0 radical (unpaired) electrons. The normalized spacial score (nSPS) is 11.2. The molecule has 0 aliphatic carbocycles.